The van der Waals surface area contributed by atoms with Gasteiger partial charge < -0.3 is 0 Å². The molecule has 21 heavy (non-hydrogen) atoms. The van der Waals surface area contributed by atoms with E-state index < -0.39 is 5.82 Å². The molecule has 0 saturated carbocycles. The van der Waals surface area contributed by atoms with Crippen LogP contribution in [0.1, 0.15) is 5.56 Å². The Labute approximate surface area is 135 Å². The molecule has 106 valence electrons. The number of hydrogen-bond donors (Lipinski definition) is 0. The average molecular weight is 342 g/mol. The van der Waals surface area contributed by atoms with Crippen molar-refractivity contribution in [3.63, 3.8) is 0 Å². The molecule has 0 N–H and O–H groups in total. The largest absolute Gasteiger partial charge is 0.226 e. The Bertz CT molecular complexity index is 865. The van der Waals surface area contributed by atoms with Gasteiger partial charge in [-0.2, -0.15) is 0 Å². The highest BCUT2D eigenvalue weighted by Gasteiger charge is 2.15. The predicted molar refractivity (Wildman–Crippen MR) is 84.7 cm³/mol. The molecule has 1 aromatic heterocycles. The zero-order chi connectivity index (χ0) is 15.1. The molecule has 0 unspecified atom stereocenters. The van der Waals surface area contributed by atoms with Gasteiger partial charge in [0.1, 0.15) is 5.15 Å². The molecule has 0 spiro atoms. The lowest BCUT2D eigenvalue weighted by atomic mass is 10.1. The maximum Gasteiger partial charge on any atom is 0.164 e. The van der Waals surface area contributed by atoms with Crippen molar-refractivity contribution in [2.24, 2.45) is 0 Å². The van der Waals surface area contributed by atoms with Gasteiger partial charge in [-0.25, -0.2) is 14.4 Å². The second kappa shape index (κ2) is 5.41. The van der Waals surface area contributed by atoms with Gasteiger partial charge in [-0.05, 0) is 36.8 Å². The van der Waals surface area contributed by atoms with Crippen LogP contribution < -0.4 is 0 Å². The van der Waals surface area contributed by atoms with Gasteiger partial charge in [0.25, 0.3) is 0 Å². The predicted octanol–water partition coefficient (Wildman–Crippen LogP) is 5.70. The van der Waals surface area contributed by atoms with Gasteiger partial charge >= 0.3 is 0 Å². The molecule has 1 heterocycles. The van der Waals surface area contributed by atoms with Crippen LogP contribution in [-0.4, -0.2) is 9.97 Å². The summed E-state index contributed by atoms with van der Waals surface area (Å²) >= 11 is 18.2. The standard InChI is InChI=1S/C15H8Cl3FN2/c1-7-5-9-13(11(17)6-7)20-15(21-14(9)18)8-3-2-4-10(16)12(8)19/h2-6H,1H3. The Hall–Kier alpha value is -1.42. The average Bonchev–Trinajstić information content (AvgIpc) is 2.43. The van der Waals surface area contributed by atoms with Crippen molar-refractivity contribution >= 4 is 45.7 Å². The van der Waals surface area contributed by atoms with E-state index in [1.165, 1.54) is 6.07 Å². The molecule has 6 heteroatoms. The molecule has 0 saturated heterocycles. The Morgan fingerprint density at radius 1 is 1.00 bits per heavy atom. The maximum absolute atomic E-state index is 14.1. The molecule has 2 aromatic carbocycles. The van der Waals surface area contributed by atoms with E-state index in [-0.39, 0.29) is 21.6 Å². The van der Waals surface area contributed by atoms with Crippen molar-refractivity contribution in [2.45, 2.75) is 6.92 Å². The molecular weight excluding hydrogens is 334 g/mol. The molecule has 0 radical (unpaired) electrons. The normalized spacial score (nSPS) is 11.1. The van der Waals surface area contributed by atoms with Gasteiger partial charge in [0.15, 0.2) is 11.6 Å². The second-order valence-electron chi connectivity index (χ2n) is 4.58. The molecule has 0 aliphatic rings. The van der Waals surface area contributed by atoms with Crippen molar-refractivity contribution in [2.75, 3.05) is 0 Å². The molecule has 0 fully saturated rings. The highest BCUT2D eigenvalue weighted by atomic mass is 35.5. The molecule has 3 aromatic rings. The fraction of sp³-hybridized carbons (Fsp3) is 0.0667. The van der Waals surface area contributed by atoms with Crippen LogP contribution in [0.3, 0.4) is 0 Å². The Morgan fingerprint density at radius 2 is 1.76 bits per heavy atom. The lowest BCUT2D eigenvalue weighted by Crippen LogP contribution is -1.95. The lowest BCUT2D eigenvalue weighted by Gasteiger charge is -2.08. The van der Waals surface area contributed by atoms with E-state index >= 15 is 0 Å². The summed E-state index contributed by atoms with van der Waals surface area (Å²) in [6.07, 6.45) is 0. The minimum atomic E-state index is -0.585. The molecule has 0 bridgehead atoms. The summed E-state index contributed by atoms with van der Waals surface area (Å²) in [5, 5.41) is 1.30. The number of rotatable bonds is 1. The van der Waals surface area contributed by atoms with Crippen LogP contribution in [0.15, 0.2) is 30.3 Å². The lowest BCUT2D eigenvalue weighted by molar-refractivity contribution is 0.630. The van der Waals surface area contributed by atoms with E-state index in [1.807, 2.05) is 13.0 Å². The quantitative estimate of drug-likeness (QED) is 0.530. The third kappa shape index (κ3) is 2.57. The van der Waals surface area contributed by atoms with Crippen LogP contribution in [0.4, 0.5) is 4.39 Å². The van der Waals surface area contributed by atoms with E-state index in [0.29, 0.717) is 15.9 Å². The second-order valence-corrected chi connectivity index (χ2v) is 5.75. The van der Waals surface area contributed by atoms with Crippen molar-refractivity contribution in [3.05, 3.63) is 56.9 Å². The number of benzene rings is 2. The fourth-order valence-corrected chi connectivity index (χ4v) is 2.80. The van der Waals surface area contributed by atoms with E-state index in [4.69, 9.17) is 34.8 Å². The van der Waals surface area contributed by atoms with Gasteiger partial charge in [-0.1, -0.05) is 40.9 Å². The molecule has 3 rings (SSSR count). The summed E-state index contributed by atoms with van der Waals surface area (Å²) in [5.41, 5.74) is 1.61. The topological polar surface area (TPSA) is 25.8 Å². The number of hydrogen-bond acceptors (Lipinski definition) is 2. The van der Waals surface area contributed by atoms with Crippen LogP contribution in [0, 0.1) is 12.7 Å². The van der Waals surface area contributed by atoms with Crippen LogP contribution in [0.25, 0.3) is 22.3 Å². The Kier molecular flexibility index (Phi) is 3.74. The smallest absolute Gasteiger partial charge is 0.164 e. The highest BCUT2D eigenvalue weighted by Crippen LogP contribution is 2.32. The SMILES string of the molecule is Cc1cc(Cl)c2nc(-c3cccc(Cl)c3F)nc(Cl)c2c1. The van der Waals surface area contributed by atoms with Crippen molar-refractivity contribution < 1.29 is 4.39 Å². The maximum atomic E-state index is 14.1. The van der Waals surface area contributed by atoms with Gasteiger partial charge in [-0.3, -0.25) is 0 Å². The summed E-state index contributed by atoms with van der Waals surface area (Å²) < 4.78 is 14.1. The van der Waals surface area contributed by atoms with E-state index in [1.54, 1.807) is 18.2 Å². The molecule has 0 aliphatic carbocycles. The Balaban J connectivity index is 2.33. The van der Waals surface area contributed by atoms with Crippen molar-refractivity contribution in [3.8, 4) is 11.4 Å². The summed E-state index contributed by atoms with van der Waals surface area (Å²) in [6, 6.07) is 8.23. The third-order valence-electron chi connectivity index (χ3n) is 3.04. The number of halogens is 4. The minimum absolute atomic E-state index is 0.00215. The van der Waals surface area contributed by atoms with E-state index in [9.17, 15) is 4.39 Å². The molecule has 0 amide bonds. The first-order valence-corrected chi connectivity index (χ1v) is 7.18. The number of aryl methyl sites for hydroxylation is 1. The highest BCUT2D eigenvalue weighted by molar-refractivity contribution is 6.38. The third-order valence-corrected chi connectivity index (χ3v) is 3.91. The summed E-state index contributed by atoms with van der Waals surface area (Å²) in [7, 11) is 0. The first kappa shape index (κ1) is 14.5. The number of fused-ring (bicyclic) bond motifs is 1. The van der Waals surface area contributed by atoms with Gasteiger partial charge in [-0.15, -0.1) is 0 Å². The van der Waals surface area contributed by atoms with Gasteiger partial charge in [0.2, 0.25) is 0 Å². The summed E-state index contributed by atoms with van der Waals surface area (Å²) in [5.74, 6) is -0.434. The van der Waals surface area contributed by atoms with Crippen molar-refractivity contribution in [1.82, 2.24) is 9.97 Å². The van der Waals surface area contributed by atoms with Crippen LogP contribution in [0.5, 0.6) is 0 Å². The number of nitrogens with zero attached hydrogens (tertiary/aromatic N) is 2. The van der Waals surface area contributed by atoms with Crippen LogP contribution in [-0.2, 0) is 0 Å². The summed E-state index contributed by atoms with van der Waals surface area (Å²) in [4.78, 5) is 8.48. The monoisotopic (exact) mass is 340 g/mol. The number of aromatic nitrogens is 2. The minimum Gasteiger partial charge on any atom is -0.226 e. The Morgan fingerprint density at radius 3 is 2.52 bits per heavy atom. The van der Waals surface area contributed by atoms with Crippen molar-refractivity contribution in [1.29, 1.82) is 0 Å². The van der Waals surface area contributed by atoms with Crippen LogP contribution >= 0.6 is 34.8 Å². The van der Waals surface area contributed by atoms with Crippen LogP contribution in [0.2, 0.25) is 15.2 Å². The molecule has 2 nitrogen and oxygen atoms in total. The summed E-state index contributed by atoms with van der Waals surface area (Å²) in [6.45, 7) is 1.90. The first-order valence-electron chi connectivity index (χ1n) is 6.05. The molecule has 0 aliphatic heterocycles. The first-order chi connectivity index (χ1) is 9.97. The van der Waals surface area contributed by atoms with Gasteiger partial charge in [0.05, 0.1) is 21.1 Å². The van der Waals surface area contributed by atoms with E-state index in [0.717, 1.165) is 5.56 Å². The van der Waals surface area contributed by atoms with E-state index in [2.05, 4.69) is 9.97 Å². The molecular formula is C15H8Cl3FN2. The fourth-order valence-electron chi connectivity index (χ4n) is 2.09. The zero-order valence-electron chi connectivity index (χ0n) is 10.8. The molecule has 0 atom stereocenters. The zero-order valence-corrected chi connectivity index (χ0v) is 13.1. The van der Waals surface area contributed by atoms with Gasteiger partial charge in [0, 0.05) is 5.39 Å².